The molecule has 0 unspecified atom stereocenters. The predicted octanol–water partition coefficient (Wildman–Crippen LogP) is 2.06. The number of nitrogens with zero attached hydrogens (tertiary/aromatic N) is 4. The fourth-order valence-electron chi connectivity index (χ4n) is 4.06. The van der Waals surface area contributed by atoms with Crippen LogP contribution < -0.4 is 0 Å². The topological polar surface area (TPSA) is 41.4 Å². The largest absolute Gasteiger partial charge is 0.343 e. The lowest BCUT2D eigenvalue weighted by molar-refractivity contribution is -0.132. The monoisotopic (exact) mass is 316 g/mol. The third kappa shape index (κ3) is 3.16. The SMILES string of the molecule is Cn1c(C2CC2)nc2c1CCN(CCC(=O)N1CCCCC1)C2. The molecule has 1 aromatic rings. The number of piperidine rings is 1. The first-order valence-electron chi connectivity index (χ1n) is 9.27. The highest BCUT2D eigenvalue weighted by Crippen LogP contribution is 2.40. The number of likely N-dealkylation sites (tertiary alicyclic amines) is 1. The van der Waals surface area contributed by atoms with Crippen molar-refractivity contribution in [2.45, 2.75) is 57.4 Å². The number of hydrogen-bond acceptors (Lipinski definition) is 3. The Morgan fingerprint density at radius 3 is 2.70 bits per heavy atom. The summed E-state index contributed by atoms with van der Waals surface area (Å²) in [6, 6.07) is 0. The van der Waals surface area contributed by atoms with Crippen LogP contribution in [0.4, 0.5) is 0 Å². The molecule has 1 saturated heterocycles. The maximum Gasteiger partial charge on any atom is 0.223 e. The van der Waals surface area contributed by atoms with Crippen molar-refractivity contribution in [1.82, 2.24) is 19.4 Å². The molecule has 5 nitrogen and oxygen atoms in total. The third-order valence-corrected chi connectivity index (χ3v) is 5.66. The molecule has 23 heavy (non-hydrogen) atoms. The Balaban J connectivity index is 1.33. The molecule has 126 valence electrons. The van der Waals surface area contributed by atoms with Crippen LogP contribution in [0.15, 0.2) is 0 Å². The van der Waals surface area contributed by atoms with Gasteiger partial charge < -0.3 is 9.47 Å². The standard InChI is InChI=1S/C18H28N4O/c1-20-16-7-11-21(13-15(16)19-18(20)14-5-6-14)12-8-17(23)22-9-3-2-4-10-22/h14H,2-13H2,1H3. The Hall–Kier alpha value is -1.36. The van der Waals surface area contributed by atoms with Gasteiger partial charge in [-0.05, 0) is 32.1 Å². The van der Waals surface area contributed by atoms with Crippen LogP contribution in [0.2, 0.25) is 0 Å². The summed E-state index contributed by atoms with van der Waals surface area (Å²) in [6.07, 6.45) is 7.98. The lowest BCUT2D eigenvalue weighted by Crippen LogP contribution is -2.39. The van der Waals surface area contributed by atoms with Gasteiger partial charge in [-0.25, -0.2) is 4.98 Å². The molecule has 0 spiro atoms. The zero-order chi connectivity index (χ0) is 15.8. The van der Waals surface area contributed by atoms with Crippen LogP contribution in [0.5, 0.6) is 0 Å². The van der Waals surface area contributed by atoms with E-state index in [1.807, 2.05) is 0 Å². The van der Waals surface area contributed by atoms with Crippen LogP contribution in [0.25, 0.3) is 0 Å². The van der Waals surface area contributed by atoms with Crippen LogP contribution in [0, 0.1) is 0 Å². The zero-order valence-electron chi connectivity index (χ0n) is 14.3. The number of rotatable bonds is 4. The molecule has 1 saturated carbocycles. The molecular weight excluding hydrogens is 288 g/mol. The number of fused-ring (bicyclic) bond motifs is 1. The van der Waals surface area contributed by atoms with Gasteiger partial charge in [0.1, 0.15) is 5.82 Å². The van der Waals surface area contributed by atoms with Gasteiger partial charge in [0, 0.05) is 64.2 Å². The van der Waals surface area contributed by atoms with E-state index in [1.54, 1.807) is 0 Å². The fraction of sp³-hybridized carbons (Fsp3) is 0.778. The summed E-state index contributed by atoms with van der Waals surface area (Å²) < 4.78 is 2.34. The van der Waals surface area contributed by atoms with Gasteiger partial charge >= 0.3 is 0 Å². The number of amides is 1. The molecule has 3 heterocycles. The lowest BCUT2D eigenvalue weighted by atomic mass is 10.1. The second kappa shape index (κ2) is 6.27. The molecule has 0 aromatic carbocycles. The summed E-state index contributed by atoms with van der Waals surface area (Å²) in [5, 5.41) is 0. The first-order chi connectivity index (χ1) is 11.2. The lowest BCUT2D eigenvalue weighted by Gasteiger charge is -2.29. The highest BCUT2D eigenvalue weighted by Gasteiger charge is 2.31. The van der Waals surface area contributed by atoms with E-state index in [2.05, 4.69) is 21.4 Å². The summed E-state index contributed by atoms with van der Waals surface area (Å²) in [5.74, 6) is 2.34. The highest BCUT2D eigenvalue weighted by molar-refractivity contribution is 5.76. The quantitative estimate of drug-likeness (QED) is 0.854. The molecule has 0 atom stereocenters. The van der Waals surface area contributed by atoms with Crippen molar-refractivity contribution in [3.8, 4) is 0 Å². The number of hydrogen-bond donors (Lipinski definition) is 0. The zero-order valence-corrected chi connectivity index (χ0v) is 14.3. The van der Waals surface area contributed by atoms with Crippen LogP contribution in [-0.4, -0.2) is 51.4 Å². The van der Waals surface area contributed by atoms with E-state index >= 15 is 0 Å². The van der Waals surface area contributed by atoms with E-state index in [9.17, 15) is 4.79 Å². The minimum Gasteiger partial charge on any atom is -0.343 e. The second-order valence-corrected chi connectivity index (χ2v) is 7.41. The van der Waals surface area contributed by atoms with Gasteiger partial charge in [-0.1, -0.05) is 0 Å². The normalized spacial score (nSPS) is 22.2. The van der Waals surface area contributed by atoms with E-state index in [4.69, 9.17) is 4.98 Å². The average Bonchev–Trinajstić information content (AvgIpc) is 3.38. The maximum absolute atomic E-state index is 12.3. The van der Waals surface area contributed by atoms with Gasteiger partial charge in [-0.3, -0.25) is 9.69 Å². The Morgan fingerprint density at radius 1 is 1.17 bits per heavy atom. The Labute approximate surface area is 138 Å². The van der Waals surface area contributed by atoms with Gasteiger partial charge in [0.05, 0.1) is 5.69 Å². The average molecular weight is 316 g/mol. The number of imidazole rings is 1. The molecule has 2 fully saturated rings. The Morgan fingerprint density at radius 2 is 1.96 bits per heavy atom. The van der Waals surface area contributed by atoms with Gasteiger partial charge in [0.2, 0.25) is 5.91 Å². The van der Waals surface area contributed by atoms with Crippen LogP contribution in [0.1, 0.15) is 61.7 Å². The molecule has 2 aliphatic heterocycles. The van der Waals surface area contributed by atoms with Crippen molar-refractivity contribution in [3.05, 3.63) is 17.2 Å². The van der Waals surface area contributed by atoms with Crippen molar-refractivity contribution in [3.63, 3.8) is 0 Å². The third-order valence-electron chi connectivity index (χ3n) is 5.66. The minimum atomic E-state index is 0.343. The Bertz CT molecular complexity index is 584. The van der Waals surface area contributed by atoms with E-state index in [0.717, 1.165) is 39.1 Å². The van der Waals surface area contributed by atoms with E-state index in [0.29, 0.717) is 18.2 Å². The molecule has 1 aromatic heterocycles. The number of aromatic nitrogens is 2. The van der Waals surface area contributed by atoms with Crippen LogP contribution in [0.3, 0.4) is 0 Å². The van der Waals surface area contributed by atoms with Crippen molar-refractivity contribution >= 4 is 5.91 Å². The van der Waals surface area contributed by atoms with Crippen LogP contribution in [-0.2, 0) is 24.8 Å². The van der Waals surface area contributed by atoms with E-state index < -0.39 is 0 Å². The minimum absolute atomic E-state index is 0.343. The van der Waals surface area contributed by atoms with Gasteiger partial charge in [0.25, 0.3) is 0 Å². The number of carbonyl (C=O) groups is 1. The predicted molar refractivity (Wildman–Crippen MR) is 89.2 cm³/mol. The van der Waals surface area contributed by atoms with Gasteiger partial charge in [-0.2, -0.15) is 0 Å². The summed E-state index contributed by atoms with van der Waals surface area (Å²) in [4.78, 5) is 21.7. The smallest absolute Gasteiger partial charge is 0.223 e. The molecular formula is C18H28N4O. The molecule has 1 aliphatic carbocycles. The highest BCUT2D eigenvalue weighted by atomic mass is 16.2. The van der Waals surface area contributed by atoms with E-state index in [1.165, 1.54) is 49.3 Å². The molecule has 0 radical (unpaired) electrons. The summed E-state index contributed by atoms with van der Waals surface area (Å²) in [5.41, 5.74) is 2.68. The molecule has 0 N–H and O–H groups in total. The van der Waals surface area contributed by atoms with Crippen molar-refractivity contribution < 1.29 is 4.79 Å². The second-order valence-electron chi connectivity index (χ2n) is 7.41. The van der Waals surface area contributed by atoms with Crippen molar-refractivity contribution in [2.75, 3.05) is 26.2 Å². The molecule has 1 amide bonds. The van der Waals surface area contributed by atoms with Crippen molar-refractivity contribution in [2.24, 2.45) is 7.05 Å². The molecule has 4 rings (SSSR count). The van der Waals surface area contributed by atoms with Gasteiger partial charge in [0.15, 0.2) is 0 Å². The number of carbonyl (C=O) groups excluding carboxylic acids is 1. The molecule has 3 aliphatic rings. The first kappa shape index (κ1) is 15.2. The summed E-state index contributed by atoms with van der Waals surface area (Å²) >= 11 is 0. The summed E-state index contributed by atoms with van der Waals surface area (Å²) in [7, 11) is 2.18. The van der Waals surface area contributed by atoms with E-state index in [-0.39, 0.29) is 0 Å². The molecule has 0 bridgehead atoms. The van der Waals surface area contributed by atoms with Crippen LogP contribution >= 0.6 is 0 Å². The summed E-state index contributed by atoms with van der Waals surface area (Å²) in [6.45, 7) is 4.79. The fourth-order valence-corrected chi connectivity index (χ4v) is 4.06. The molecule has 5 heteroatoms. The van der Waals surface area contributed by atoms with Crippen molar-refractivity contribution in [1.29, 1.82) is 0 Å². The maximum atomic E-state index is 12.3. The Kier molecular flexibility index (Phi) is 4.14. The van der Waals surface area contributed by atoms with Gasteiger partial charge in [-0.15, -0.1) is 0 Å². The first-order valence-corrected chi connectivity index (χ1v) is 9.27.